The largest absolute Gasteiger partial charge is 0.370 e. The zero-order valence-electron chi connectivity index (χ0n) is 10.4. The van der Waals surface area contributed by atoms with Crippen molar-refractivity contribution in [2.75, 3.05) is 23.7 Å². The molecule has 0 aliphatic heterocycles. The Balaban J connectivity index is 2.02. The van der Waals surface area contributed by atoms with Crippen LogP contribution in [-0.2, 0) is 0 Å². The van der Waals surface area contributed by atoms with Gasteiger partial charge in [0.2, 0.25) is 0 Å². The van der Waals surface area contributed by atoms with Crippen LogP contribution < -0.4 is 16.4 Å². The van der Waals surface area contributed by atoms with Crippen molar-refractivity contribution < 1.29 is 0 Å². The van der Waals surface area contributed by atoms with E-state index in [1.807, 2.05) is 30.3 Å². The van der Waals surface area contributed by atoms with Crippen LogP contribution in [0, 0.1) is 0 Å². The lowest BCUT2D eigenvalue weighted by Crippen LogP contribution is -2.09. The molecule has 0 fully saturated rings. The van der Waals surface area contributed by atoms with Crippen LogP contribution >= 0.6 is 15.9 Å². The summed E-state index contributed by atoms with van der Waals surface area (Å²) in [5.41, 5.74) is 6.42. The molecule has 0 saturated carbocycles. The molecule has 0 amide bonds. The lowest BCUT2D eigenvalue weighted by Gasteiger charge is -2.08. The van der Waals surface area contributed by atoms with Crippen molar-refractivity contribution in [3.63, 3.8) is 0 Å². The summed E-state index contributed by atoms with van der Waals surface area (Å²) in [6.45, 7) is 1.48. The predicted molar refractivity (Wildman–Crippen MR) is 81.6 cm³/mol. The lowest BCUT2D eigenvalue weighted by atomic mass is 10.3. The van der Waals surface area contributed by atoms with Gasteiger partial charge in [0.15, 0.2) is 0 Å². The highest BCUT2D eigenvalue weighted by Crippen LogP contribution is 2.20. The minimum Gasteiger partial charge on any atom is -0.370 e. The molecule has 0 radical (unpaired) electrons. The normalized spacial score (nSPS) is 10.2. The fourth-order valence-electron chi connectivity index (χ4n) is 1.55. The summed E-state index contributed by atoms with van der Waals surface area (Å²) in [6.07, 6.45) is 2.45. The molecule has 1 aromatic carbocycles. The molecule has 0 spiro atoms. The van der Waals surface area contributed by atoms with E-state index in [-0.39, 0.29) is 0 Å². The summed E-state index contributed by atoms with van der Waals surface area (Å²) < 4.78 is 1.02. The number of hydrogen-bond donors (Lipinski definition) is 3. The van der Waals surface area contributed by atoms with Crippen LogP contribution in [0.4, 0.5) is 17.3 Å². The van der Waals surface area contributed by atoms with Crippen molar-refractivity contribution in [2.45, 2.75) is 6.42 Å². The average Bonchev–Trinajstić information content (AvgIpc) is 2.39. The Labute approximate surface area is 120 Å². The van der Waals surface area contributed by atoms with Crippen LogP contribution in [0.5, 0.6) is 0 Å². The van der Waals surface area contributed by atoms with Gasteiger partial charge in [-0.3, -0.25) is 0 Å². The number of hydrogen-bond acceptors (Lipinski definition) is 5. The molecule has 2 rings (SSSR count). The first-order chi connectivity index (χ1) is 9.28. The molecule has 19 heavy (non-hydrogen) atoms. The maximum absolute atomic E-state index is 5.45. The van der Waals surface area contributed by atoms with Crippen molar-refractivity contribution in [2.24, 2.45) is 5.73 Å². The van der Waals surface area contributed by atoms with Crippen molar-refractivity contribution in [1.82, 2.24) is 9.97 Å². The monoisotopic (exact) mass is 321 g/mol. The zero-order valence-corrected chi connectivity index (χ0v) is 12.0. The van der Waals surface area contributed by atoms with Gasteiger partial charge in [-0.1, -0.05) is 22.0 Å². The van der Waals surface area contributed by atoms with Crippen molar-refractivity contribution in [1.29, 1.82) is 0 Å². The molecule has 5 nitrogen and oxygen atoms in total. The molecular formula is C13H16BrN5. The Morgan fingerprint density at radius 3 is 2.79 bits per heavy atom. The fraction of sp³-hybridized carbons (Fsp3) is 0.231. The van der Waals surface area contributed by atoms with Crippen LogP contribution in [0.3, 0.4) is 0 Å². The van der Waals surface area contributed by atoms with Gasteiger partial charge in [0.05, 0.1) is 0 Å². The Morgan fingerprint density at radius 1 is 1.16 bits per heavy atom. The molecule has 0 bridgehead atoms. The minimum atomic E-state index is 0.668. The minimum absolute atomic E-state index is 0.668. The highest BCUT2D eigenvalue weighted by molar-refractivity contribution is 9.10. The fourth-order valence-corrected chi connectivity index (χ4v) is 1.95. The highest BCUT2D eigenvalue weighted by atomic mass is 79.9. The van der Waals surface area contributed by atoms with E-state index in [9.17, 15) is 0 Å². The first kappa shape index (κ1) is 13.8. The summed E-state index contributed by atoms with van der Waals surface area (Å²) in [5, 5.41) is 6.43. The Hall–Kier alpha value is -1.66. The van der Waals surface area contributed by atoms with Crippen molar-refractivity contribution in [3.05, 3.63) is 41.1 Å². The van der Waals surface area contributed by atoms with Crippen LogP contribution in [0.25, 0.3) is 0 Å². The van der Waals surface area contributed by atoms with Crippen molar-refractivity contribution in [3.8, 4) is 0 Å². The first-order valence-corrected chi connectivity index (χ1v) is 6.86. The number of benzene rings is 1. The Kier molecular flexibility index (Phi) is 5.11. The SMILES string of the molecule is NCCCNc1cc(Nc2cccc(Br)c2)ncn1. The van der Waals surface area contributed by atoms with E-state index in [1.165, 1.54) is 6.33 Å². The van der Waals surface area contributed by atoms with Gasteiger partial charge < -0.3 is 16.4 Å². The van der Waals surface area contributed by atoms with E-state index in [0.717, 1.165) is 34.8 Å². The summed E-state index contributed by atoms with van der Waals surface area (Å²) in [6, 6.07) is 9.79. The Morgan fingerprint density at radius 2 is 2.00 bits per heavy atom. The number of anilines is 3. The third-order valence-electron chi connectivity index (χ3n) is 2.45. The van der Waals surface area contributed by atoms with E-state index in [2.05, 4.69) is 36.5 Å². The molecule has 100 valence electrons. The summed E-state index contributed by atoms with van der Waals surface area (Å²) in [4.78, 5) is 8.35. The number of nitrogens with zero attached hydrogens (tertiary/aromatic N) is 2. The van der Waals surface area contributed by atoms with Crippen molar-refractivity contribution >= 4 is 33.3 Å². The Bertz CT molecular complexity index is 532. The molecule has 0 unspecified atom stereocenters. The van der Waals surface area contributed by atoms with E-state index >= 15 is 0 Å². The van der Waals surface area contributed by atoms with Crippen LogP contribution in [-0.4, -0.2) is 23.1 Å². The van der Waals surface area contributed by atoms with E-state index in [1.54, 1.807) is 0 Å². The smallest absolute Gasteiger partial charge is 0.135 e. The van der Waals surface area contributed by atoms with Gasteiger partial charge >= 0.3 is 0 Å². The van der Waals surface area contributed by atoms with E-state index in [0.29, 0.717) is 6.54 Å². The van der Waals surface area contributed by atoms with Gasteiger partial charge in [0.1, 0.15) is 18.0 Å². The molecule has 4 N–H and O–H groups in total. The average molecular weight is 322 g/mol. The molecular weight excluding hydrogens is 306 g/mol. The van der Waals surface area contributed by atoms with Gasteiger partial charge in [-0.05, 0) is 31.2 Å². The molecule has 1 heterocycles. The second kappa shape index (κ2) is 7.06. The second-order valence-corrected chi connectivity index (χ2v) is 4.91. The molecule has 0 atom stereocenters. The number of rotatable bonds is 6. The maximum Gasteiger partial charge on any atom is 0.135 e. The molecule has 2 aromatic rings. The predicted octanol–water partition coefficient (Wildman–Crippen LogP) is 2.74. The number of nitrogens with one attached hydrogen (secondary N) is 2. The molecule has 0 aliphatic carbocycles. The summed E-state index contributed by atoms with van der Waals surface area (Å²) in [7, 11) is 0. The second-order valence-electron chi connectivity index (χ2n) is 3.99. The highest BCUT2D eigenvalue weighted by Gasteiger charge is 1.99. The van der Waals surface area contributed by atoms with Crippen LogP contribution in [0.1, 0.15) is 6.42 Å². The lowest BCUT2D eigenvalue weighted by molar-refractivity contribution is 0.869. The number of aromatic nitrogens is 2. The van der Waals surface area contributed by atoms with Gasteiger partial charge in [-0.15, -0.1) is 0 Å². The third-order valence-corrected chi connectivity index (χ3v) is 2.94. The van der Waals surface area contributed by atoms with Crippen LogP contribution in [0.2, 0.25) is 0 Å². The molecule has 0 aliphatic rings. The first-order valence-electron chi connectivity index (χ1n) is 6.06. The third kappa shape index (κ3) is 4.50. The topological polar surface area (TPSA) is 75.9 Å². The number of halogens is 1. The van der Waals surface area contributed by atoms with Gasteiger partial charge in [0, 0.05) is 22.8 Å². The zero-order chi connectivity index (χ0) is 13.5. The standard InChI is InChI=1S/C13H16BrN5/c14-10-3-1-4-11(7-10)19-13-8-12(17-9-18-13)16-6-2-5-15/h1,3-4,7-9H,2,5-6,15H2,(H2,16,17,18,19). The quantitative estimate of drug-likeness (QED) is 0.713. The number of nitrogens with two attached hydrogens (primary N) is 1. The summed E-state index contributed by atoms with van der Waals surface area (Å²) >= 11 is 3.44. The molecule has 6 heteroatoms. The van der Waals surface area contributed by atoms with E-state index < -0.39 is 0 Å². The van der Waals surface area contributed by atoms with E-state index in [4.69, 9.17) is 5.73 Å². The van der Waals surface area contributed by atoms with Crippen LogP contribution in [0.15, 0.2) is 41.1 Å². The van der Waals surface area contributed by atoms with Gasteiger partial charge in [-0.2, -0.15) is 0 Å². The summed E-state index contributed by atoms with van der Waals surface area (Å²) in [5.74, 6) is 1.55. The van der Waals surface area contributed by atoms with Gasteiger partial charge in [-0.25, -0.2) is 9.97 Å². The maximum atomic E-state index is 5.45. The van der Waals surface area contributed by atoms with Gasteiger partial charge in [0.25, 0.3) is 0 Å². The molecule has 0 saturated heterocycles. The molecule has 1 aromatic heterocycles.